The summed E-state index contributed by atoms with van der Waals surface area (Å²) in [4.78, 5) is 54.5. The van der Waals surface area contributed by atoms with E-state index in [1.165, 1.54) is 0 Å². The summed E-state index contributed by atoms with van der Waals surface area (Å²) >= 11 is 0. The average molecular weight is 467 g/mol. The maximum atomic E-state index is 13.0. The van der Waals surface area contributed by atoms with Crippen molar-refractivity contribution in [3.8, 4) is 0 Å². The molecule has 2 heterocycles. The summed E-state index contributed by atoms with van der Waals surface area (Å²) in [6.45, 7) is 3.80. The topological polar surface area (TPSA) is 126 Å². The van der Waals surface area contributed by atoms with Crippen molar-refractivity contribution in [3.05, 3.63) is 65.5 Å². The molecule has 2 unspecified atom stereocenters. The minimum absolute atomic E-state index is 0.0668. The highest BCUT2D eigenvalue weighted by Crippen LogP contribution is 2.14. The fourth-order valence-corrected chi connectivity index (χ4v) is 3.73. The molecule has 1 aliphatic rings. The highest BCUT2D eigenvalue weighted by Gasteiger charge is 2.32. The first-order valence-corrected chi connectivity index (χ1v) is 11.4. The number of ketones is 1. The van der Waals surface area contributed by atoms with E-state index in [2.05, 4.69) is 20.9 Å². The van der Waals surface area contributed by atoms with Crippen LogP contribution in [0, 0.1) is 5.92 Å². The number of ether oxygens (including phenoxy) is 1. The van der Waals surface area contributed by atoms with Gasteiger partial charge in [-0.3, -0.25) is 19.4 Å². The van der Waals surface area contributed by atoms with E-state index >= 15 is 0 Å². The Bertz CT molecular complexity index is 1020. The van der Waals surface area contributed by atoms with Crippen LogP contribution in [0.25, 0.3) is 0 Å². The predicted molar refractivity (Wildman–Crippen MR) is 124 cm³/mol. The monoisotopic (exact) mass is 466 g/mol. The van der Waals surface area contributed by atoms with Crippen LogP contribution in [0.2, 0.25) is 0 Å². The number of Topliss-reactive ketones (excluding diaryl/α,β-unsaturated/α-hetero) is 1. The van der Waals surface area contributed by atoms with Gasteiger partial charge in [-0.1, -0.05) is 44.2 Å². The molecule has 0 saturated carbocycles. The Morgan fingerprint density at radius 1 is 1.15 bits per heavy atom. The van der Waals surface area contributed by atoms with Crippen molar-refractivity contribution in [2.75, 3.05) is 0 Å². The Labute approximate surface area is 198 Å². The summed E-state index contributed by atoms with van der Waals surface area (Å²) in [5.41, 5.74) is 2.72. The van der Waals surface area contributed by atoms with Gasteiger partial charge in [-0.15, -0.1) is 0 Å². The molecule has 2 atom stereocenters. The fourth-order valence-electron chi connectivity index (χ4n) is 3.73. The van der Waals surface area contributed by atoms with Gasteiger partial charge in [0.1, 0.15) is 12.6 Å². The molecule has 1 aliphatic heterocycles. The smallest absolute Gasteiger partial charge is 0.408 e. The van der Waals surface area contributed by atoms with Crippen molar-refractivity contribution in [1.29, 1.82) is 0 Å². The van der Waals surface area contributed by atoms with E-state index < -0.39 is 35.8 Å². The number of nitrogens with zero attached hydrogens (tertiary/aromatic N) is 1. The first-order valence-electron chi connectivity index (χ1n) is 11.4. The molecule has 3 amide bonds. The van der Waals surface area contributed by atoms with Crippen LogP contribution < -0.4 is 16.0 Å². The largest absolute Gasteiger partial charge is 0.445 e. The second kappa shape index (κ2) is 11.9. The minimum atomic E-state index is -0.987. The third-order valence-corrected chi connectivity index (χ3v) is 5.67. The highest BCUT2D eigenvalue weighted by molar-refractivity contribution is 6.38. The molecule has 0 spiro atoms. The van der Waals surface area contributed by atoms with E-state index in [0.29, 0.717) is 19.3 Å². The summed E-state index contributed by atoms with van der Waals surface area (Å²) in [6, 6.07) is 9.15. The SMILES string of the molecule is CC(C)C(NC(=O)OCc1ccccc1)C(=O)NC1CCCc2ccncc2CNC(=O)C1=O. The van der Waals surface area contributed by atoms with E-state index in [-0.39, 0.29) is 19.1 Å². The van der Waals surface area contributed by atoms with Crippen LogP contribution in [0.4, 0.5) is 4.79 Å². The molecule has 0 fully saturated rings. The zero-order valence-electron chi connectivity index (χ0n) is 19.4. The van der Waals surface area contributed by atoms with Gasteiger partial charge in [-0.25, -0.2) is 4.79 Å². The zero-order valence-corrected chi connectivity index (χ0v) is 19.4. The number of hydrogen-bond donors (Lipinski definition) is 3. The molecule has 1 aromatic heterocycles. The number of amides is 3. The van der Waals surface area contributed by atoms with Crippen LogP contribution >= 0.6 is 0 Å². The number of hydrogen-bond acceptors (Lipinski definition) is 6. The third kappa shape index (κ3) is 6.87. The van der Waals surface area contributed by atoms with Crippen LogP contribution in [0.3, 0.4) is 0 Å². The lowest BCUT2D eigenvalue weighted by atomic mass is 9.97. The normalized spacial score (nSPS) is 17.2. The molecule has 3 rings (SSSR count). The second-order valence-electron chi connectivity index (χ2n) is 8.57. The standard InChI is InChI=1S/C25H30N4O5/c1-16(2)21(29-25(33)34-15-17-7-4-3-5-8-17)23(31)28-20-10-6-9-18-11-12-26-13-19(18)14-27-24(32)22(20)30/h3-5,7-8,11-13,16,20-21H,6,9-10,14-15H2,1-2H3,(H,27,32)(H,28,31)(H,29,33). The van der Waals surface area contributed by atoms with Gasteiger partial charge in [0.05, 0.1) is 6.04 Å². The molecule has 1 aromatic carbocycles. The molecule has 34 heavy (non-hydrogen) atoms. The molecule has 0 bridgehead atoms. The molecule has 0 radical (unpaired) electrons. The first-order chi connectivity index (χ1) is 16.3. The van der Waals surface area contributed by atoms with E-state index in [0.717, 1.165) is 16.7 Å². The van der Waals surface area contributed by atoms with Crippen molar-refractivity contribution in [2.24, 2.45) is 5.92 Å². The van der Waals surface area contributed by atoms with Gasteiger partial charge in [0.25, 0.3) is 5.91 Å². The van der Waals surface area contributed by atoms with Gasteiger partial charge in [-0.05, 0) is 47.9 Å². The second-order valence-corrected chi connectivity index (χ2v) is 8.57. The van der Waals surface area contributed by atoms with E-state index in [1.807, 2.05) is 36.4 Å². The molecule has 180 valence electrons. The fraction of sp³-hybridized carbons (Fsp3) is 0.400. The summed E-state index contributed by atoms with van der Waals surface area (Å²) in [5, 5.41) is 7.85. The van der Waals surface area contributed by atoms with Crippen LogP contribution in [0.5, 0.6) is 0 Å². The number of alkyl carbamates (subject to hydrolysis) is 1. The number of fused-ring (bicyclic) bond motifs is 1. The number of nitrogens with one attached hydrogen (secondary N) is 3. The number of aryl methyl sites for hydroxylation is 1. The Morgan fingerprint density at radius 3 is 2.65 bits per heavy atom. The lowest BCUT2D eigenvalue weighted by Gasteiger charge is -2.25. The number of aromatic nitrogens is 1. The summed E-state index contributed by atoms with van der Waals surface area (Å²) in [5.74, 6) is -2.29. The highest BCUT2D eigenvalue weighted by atomic mass is 16.5. The first kappa shape index (κ1) is 24.9. The summed E-state index contributed by atoms with van der Waals surface area (Å²) in [7, 11) is 0. The third-order valence-electron chi connectivity index (χ3n) is 5.67. The van der Waals surface area contributed by atoms with Crippen LogP contribution in [-0.2, 0) is 38.7 Å². The molecule has 9 nitrogen and oxygen atoms in total. The van der Waals surface area contributed by atoms with Gasteiger partial charge in [-0.2, -0.15) is 0 Å². The Hall–Kier alpha value is -3.75. The van der Waals surface area contributed by atoms with Crippen LogP contribution in [-0.4, -0.2) is 40.8 Å². The van der Waals surface area contributed by atoms with Crippen LogP contribution in [0.1, 0.15) is 43.4 Å². The van der Waals surface area contributed by atoms with E-state index in [1.54, 1.807) is 26.2 Å². The van der Waals surface area contributed by atoms with Gasteiger partial charge in [0.15, 0.2) is 0 Å². The maximum absolute atomic E-state index is 13.0. The number of carbonyl (C=O) groups is 4. The van der Waals surface area contributed by atoms with Gasteiger partial charge >= 0.3 is 6.09 Å². The molecular formula is C25H30N4O5. The average Bonchev–Trinajstić information content (AvgIpc) is 2.84. The quantitative estimate of drug-likeness (QED) is 0.559. The Balaban J connectivity index is 1.62. The molecule has 2 aromatic rings. The Kier molecular flexibility index (Phi) is 8.73. The summed E-state index contributed by atoms with van der Waals surface area (Å²) < 4.78 is 5.22. The van der Waals surface area contributed by atoms with Crippen molar-refractivity contribution < 1.29 is 23.9 Å². The van der Waals surface area contributed by atoms with E-state index in [9.17, 15) is 19.2 Å². The van der Waals surface area contributed by atoms with Crippen molar-refractivity contribution >= 4 is 23.7 Å². The van der Waals surface area contributed by atoms with Crippen molar-refractivity contribution in [3.63, 3.8) is 0 Å². The van der Waals surface area contributed by atoms with E-state index in [4.69, 9.17) is 4.74 Å². The Morgan fingerprint density at radius 2 is 1.91 bits per heavy atom. The number of carbonyl (C=O) groups excluding carboxylic acids is 4. The molecule has 9 heteroatoms. The molecule has 0 saturated heterocycles. The zero-order chi connectivity index (χ0) is 24.5. The molecule has 3 N–H and O–H groups in total. The molecule has 0 aliphatic carbocycles. The van der Waals surface area contributed by atoms with Gasteiger partial charge in [0.2, 0.25) is 11.7 Å². The molecular weight excluding hydrogens is 436 g/mol. The summed E-state index contributed by atoms with van der Waals surface area (Å²) in [6.07, 6.45) is 4.20. The lowest BCUT2D eigenvalue weighted by molar-refractivity contribution is -0.140. The van der Waals surface area contributed by atoms with Crippen LogP contribution in [0.15, 0.2) is 48.8 Å². The van der Waals surface area contributed by atoms with Crippen molar-refractivity contribution in [2.45, 2.75) is 58.3 Å². The lowest BCUT2D eigenvalue weighted by Crippen LogP contribution is -2.55. The number of benzene rings is 1. The number of pyridine rings is 1. The van der Waals surface area contributed by atoms with Gasteiger partial charge < -0.3 is 20.7 Å². The minimum Gasteiger partial charge on any atom is -0.445 e. The maximum Gasteiger partial charge on any atom is 0.408 e. The van der Waals surface area contributed by atoms with Crippen molar-refractivity contribution in [1.82, 2.24) is 20.9 Å². The number of rotatable bonds is 6. The van der Waals surface area contributed by atoms with Gasteiger partial charge in [0, 0.05) is 18.9 Å². The predicted octanol–water partition coefficient (Wildman–Crippen LogP) is 2.04.